The van der Waals surface area contributed by atoms with Crippen LogP contribution in [0.2, 0.25) is 0 Å². The summed E-state index contributed by atoms with van der Waals surface area (Å²) in [6, 6.07) is 0. The Hall–Kier alpha value is -0.840. The first-order chi connectivity index (χ1) is 11.5. The smallest absolute Gasteiger partial charge is 0.216 e. The molecule has 1 fully saturated rings. The van der Waals surface area contributed by atoms with E-state index >= 15 is 0 Å². The fourth-order valence-electron chi connectivity index (χ4n) is 2.62. The minimum Gasteiger partial charge on any atom is -0.443 e. The first-order valence-electron chi connectivity index (χ1n) is 8.67. The summed E-state index contributed by atoms with van der Waals surface area (Å²) in [7, 11) is -3.08. The summed E-state index contributed by atoms with van der Waals surface area (Å²) in [5, 5.41) is 3.24. The highest BCUT2D eigenvalue weighted by Crippen LogP contribution is 2.24. The van der Waals surface area contributed by atoms with Crippen molar-refractivity contribution in [2.45, 2.75) is 58.2 Å². The maximum absolute atomic E-state index is 12.2. The number of aromatic nitrogens is 1. The van der Waals surface area contributed by atoms with Gasteiger partial charge in [-0.25, -0.2) is 18.4 Å². The van der Waals surface area contributed by atoms with E-state index in [4.69, 9.17) is 4.42 Å². The van der Waals surface area contributed by atoms with Gasteiger partial charge in [0.25, 0.3) is 0 Å². The first-order valence-corrected chi connectivity index (χ1v) is 10.3. The molecule has 0 saturated carbocycles. The number of rotatable bonds is 3. The van der Waals surface area contributed by atoms with Crippen molar-refractivity contribution in [1.29, 1.82) is 0 Å². The first kappa shape index (κ1) is 23.2. The van der Waals surface area contributed by atoms with Crippen LogP contribution in [0.1, 0.15) is 53.2 Å². The molecule has 0 unspecified atom stereocenters. The Morgan fingerprint density at radius 1 is 1.42 bits per heavy atom. The third-order valence-corrected chi connectivity index (χ3v) is 6.87. The summed E-state index contributed by atoms with van der Waals surface area (Å²) in [6.45, 7) is 13.6. The molecule has 1 aromatic rings. The monoisotopic (exact) mass is 498 g/mol. The molecule has 0 aromatic carbocycles. The number of nitrogens with zero attached hydrogens (tertiary/aromatic N) is 3. The van der Waals surface area contributed by atoms with Crippen molar-refractivity contribution in [3.63, 3.8) is 0 Å². The number of hydrogen-bond donors (Lipinski definition) is 1. The van der Waals surface area contributed by atoms with E-state index in [0.717, 1.165) is 5.76 Å². The van der Waals surface area contributed by atoms with E-state index in [2.05, 4.69) is 36.1 Å². The molecular formula is C17H31IN4O3S. The summed E-state index contributed by atoms with van der Waals surface area (Å²) in [6.07, 6.45) is 1.74. The molecule has 2 rings (SSSR count). The lowest BCUT2D eigenvalue weighted by atomic mass is 9.94. The Balaban J connectivity index is 0.00000338. The number of hydrogen-bond acceptors (Lipinski definition) is 5. The highest BCUT2D eigenvalue weighted by atomic mass is 127. The van der Waals surface area contributed by atoms with E-state index in [1.807, 2.05) is 11.8 Å². The maximum atomic E-state index is 12.2. The van der Waals surface area contributed by atoms with Gasteiger partial charge < -0.3 is 14.6 Å². The van der Waals surface area contributed by atoms with Gasteiger partial charge in [-0.1, -0.05) is 20.8 Å². The molecule has 0 bridgehead atoms. The predicted octanol–water partition coefficient (Wildman–Crippen LogP) is 2.56. The molecule has 26 heavy (non-hydrogen) atoms. The van der Waals surface area contributed by atoms with Gasteiger partial charge in [-0.05, 0) is 20.8 Å². The maximum Gasteiger partial charge on any atom is 0.216 e. The molecule has 0 aliphatic carbocycles. The van der Waals surface area contributed by atoms with Gasteiger partial charge in [0.1, 0.15) is 12.3 Å². The average molecular weight is 498 g/mol. The second-order valence-electron chi connectivity index (χ2n) is 8.04. The van der Waals surface area contributed by atoms with Crippen LogP contribution in [0, 0.1) is 0 Å². The summed E-state index contributed by atoms with van der Waals surface area (Å²) in [4.78, 5) is 10.9. The van der Waals surface area contributed by atoms with E-state index in [1.165, 1.54) is 0 Å². The molecule has 9 heteroatoms. The quantitative estimate of drug-likeness (QED) is 0.392. The summed E-state index contributed by atoms with van der Waals surface area (Å²) >= 11 is 0. The van der Waals surface area contributed by atoms with Crippen molar-refractivity contribution < 1.29 is 12.8 Å². The lowest BCUT2D eigenvalue weighted by Gasteiger charge is -2.39. The number of sulfone groups is 1. The van der Waals surface area contributed by atoms with Crippen LogP contribution in [0.25, 0.3) is 0 Å². The van der Waals surface area contributed by atoms with Gasteiger partial charge in [-0.2, -0.15) is 0 Å². The molecule has 7 nitrogen and oxygen atoms in total. The standard InChI is InChI=1S/C17H30N4O3S.HI/c1-7-18-15(21-8-9-25(22,23)17(5,6)12-21)20-11-14-19-10-13(24-14)16(2,3)4;/h10H,7-9,11-12H2,1-6H3,(H,18,20);1H. The van der Waals surface area contributed by atoms with Crippen LogP contribution < -0.4 is 5.32 Å². The molecule has 0 spiro atoms. The predicted molar refractivity (Wildman–Crippen MR) is 115 cm³/mol. The topological polar surface area (TPSA) is 87.8 Å². The largest absolute Gasteiger partial charge is 0.443 e. The number of aliphatic imine (C=N–C) groups is 1. The number of guanidine groups is 1. The van der Waals surface area contributed by atoms with Gasteiger partial charge in [-0.3, -0.25) is 0 Å². The van der Waals surface area contributed by atoms with Crippen molar-refractivity contribution in [3.05, 3.63) is 17.8 Å². The minimum absolute atomic E-state index is 0. The van der Waals surface area contributed by atoms with E-state index < -0.39 is 14.6 Å². The fraction of sp³-hybridized carbons (Fsp3) is 0.765. The van der Waals surface area contributed by atoms with Crippen molar-refractivity contribution in [1.82, 2.24) is 15.2 Å². The lowest BCUT2D eigenvalue weighted by Crippen LogP contribution is -2.57. The normalized spacial score (nSPS) is 19.8. The van der Waals surface area contributed by atoms with E-state index in [9.17, 15) is 8.42 Å². The van der Waals surface area contributed by atoms with Crippen LogP contribution in [0.5, 0.6) is 0 Å². The van der Waals surface area contributed by atoms with Gasteiger partial charge in [0.05, 0.1) is 16.7 Å². The zero-order chi connectivity index (χ0) is 18.9. The zero-order valence-corrected chi connectivity index (χ0v) is 19.6. The van der Waals surface area contributed by atoms with Gasteiger partial charge in [0.15, 0.2) is 15.8 Å². The van der Waals surface area contributed by atoms with Crippen LogP contribution in [0.15, 0.2) is 15.6 Å². The number of nitrogens with one attached hydrogen (secondary N) is 1. The average Bonchev–Trinajstić information content (AvgIpc) is 2.95. The molecule has 1 saturated heterocycles. The van der Waals surface area contributed by atoms with E-state index in [-0.39, 0.29) is 35.1 Å². The second kappa shape index (κ2) is 8.45. The fourth-order valence-corrected chi connectivity index (χ4v) is 3.99. The van der Waals surface area contributed by atoms with E-state index in [0.29, 0.717) is 38.0 Å². The summed E-state index contributed by atoms with van der Waals surface area (Å²) in [5.74, 6) is 2.22. The number of halogens is 1. The van der Waals surface area contributed by atoms with Gasteiger partial charge >= 0.3 is 0 Å². The molecule has 0 amide bonds. The van der Waals surface area contributed by atoms with Crippen molar-refractivity contribution >= 4 is 39.8 Å². The SMILES string of the molecule is CCNC(=NCc1ncc(C(C)(C)C)o1)N1CCS(=O)(=O)C(C)(C)C1.I. The summed E-state index contributed by atoms with van der Waals surface area (Å²) < 4.78 is 29.4. The van der Waals surface area contributed by atoms with Crippen LogP contribution in [0.4, 0.5) is 0 Å². The Bertz CT molecular complexity index is 735. The van der Waals surface area contributed by atoms with E-state index in [1.54, 1.807) is 20.0 Å². The Kier molecular flexibility index (Phi) is 7.54. The molecule has 0 atom stereocenters. The molecule has 1 N–H and O–H groups in total. The van der Waals surface area contributed by atoms with Crippen molar-refractivity contribution in [3.8, 4) is 0 Å². The second-order valence-corrected chi connectivity index (χ2v) is 10.8. The third-order valence-electron chi connectivity index (χ3n) is 4.33. The summed E-state index contributed by atoms with van der Waals surface area (Å²) in [5.41, 5.74) is -0.0925. The highest BCUT2D eigenvalue weighted by molar-refractivity contribution is 14.0. The van der Waals surface area contributed by atoms with Gasteiger partial charge in [0.2, 0.25) is 5.89 Å². The molecule has 0 radical (unpaired) electrons. The van der Waals surface area contributed by atoms with Gasteiger partial charge in [-0.15, -0.1) is 24.0 Å². The van der Waals surface area contributed by atoms with Crippen LogP contribution in [0.3, 0.4) is 0 Å². The third kappa shape index (κ3) is 5.34. The Morgan fingerprint density at radius 2 is 2.08 bits per heavy atom. The lowest BCUT2D eigenvalue weighted by molar-refractivity contribution is 0.351. The van der Waals surface area contributed by atoms with Crippen molar-refractivity contribution in [2.24, 2.45) is 4.99 Å². The molecule has 1 aromatic heterocycles. The minimum atomic E-state index is -3.08. The number of oxazole rings is 1. The molecule has 1 aliphatic rings. The Morgan fingerprint density at radius 3 is 2.58 bits per heavy atom. The van der Waals surface area contributed by atoms with Gasteiger partial charge in [0, 0.05) is 25.0 Å². The van der Waals surface area contributed by atoms with Crippen LogP contribution in [-0.2, 0) is 21.8 Å². The molecule has 2 heterocycles. The van der Waals surface area contributed by atoms with Crippen LogP contribution in [-0.4, -0.2) is 54.4 Å². The molecule has 1 aliphatic heterocycles. The molecular weight excluding hydrogens is 467 g/mol. The van der Waals surface area contributed by atoms with Crippen LogP contribution >= 0.6 is 24.0 Å². The van der Waals surface area contributed by atoms with Crippen molar-refractivity contribution in [2.75, 3.05) is 25.4 Å². The molecule has 150 valence electrons. The Labute approximate surface area is 174 Å². The highest BCUT2D eigenvalue weighted by Gasteiger charge is 2.41. The zero-order valence-electron chi connectivity index (χ0n) is 16.5.